The first kappa shape index (κ1) is 17.3. The molecule has 1 aliphatic rings. The number of halogens is 1. The summed E-state index contributed by atoms with van der Waals surface area (Å²) in [6.07, 6.45) is 3.68. The summed E-state index contributed by atoms with van der Waals surface area (Å²) in [5.41, 5.74) is 1.08. The average Bonchev–Trinajstić information content (AvgIpc) is 2.83. The molecule has 0 radical (unpaired) electrons. The van der Waals surface area contributed by atoms with Gasteiger partial charge in [0.1, 0.15) is 12.4 Å². The lowest BCUT2D eigenvalue weighted by molar-refractivity contribution is 0.324. The third kappa shape index (κ3) is 5.28. The van der Waals surface area contributed by atoms with Crippen LogP contribution >= 0.6 is 11.6 Å². The van der Waals surface area contributed by atoms with E-state index in [0.29, 0.717) is 23.9 Å². The molecule has 22 heavy (non-hydrogen) atoms. The molecule has 7 heteroatoms. The van der Waals surface area contributed by atoms with Gasteiger partial charge < -0.3 is 4.74 Å². The lowest BCUT2D eigenvalue weighted by Gasteiger charge is -2.17. The fourth-order valence-corrected chi connectivity index (χ4v) is 3.60. The number of hydrogen-bond acceptors (Lipinski definition) is 4. The molecule has 1 aromatic carbocycles. The molecule has 0 aliphatic carbocycles. The minimum atomic E-state index is -3.15. The van der Waals surface area contributed by atoms with Crippen LogP contribution in [0.2, 0.25) is 5.02 Å². The number of benzene rings is 1. The molecule has 1 atom stereocenters. The van der Waals surface area contributed by atoms with Crippen molar-refractivity contribution in [1.82, 2.24) is 9.62 Å². The number of sulfonamides is 1. The Labute approximate surface area is 137 Å². The van der Waals surface area contributed by atoms with E-state index >= 15 is 0 Å². The van der Waals surface area contributed by atoms with E-state index in [4.69, 9.17) is 16.3 Å². The number of ether oxygens (including phenoxy) is 1. The molecule has 1 aliphatic heterocycles. The molecule has 0 amide bonds. The Morgan fingerprint density at radius 2 is 2.32 bits per heavy atom. The van der Waals surface area contributed by atoms with Crippen LogP contribution in [0.5, 0.6) is 5.75 Å². The zero-order chi connectivity index (χ0) is 16.2. The van der Waals surface area contributed by atoms with Gasteiger partial charge in [0.25, 0.3) is 0 Å². The van der Waals surface area contributed by atoms with Crippen molar-refractivity contribution in [3.8, 4) is 5.75 Å². The number of nitrogens with zero attached hydrogens (tertiary/aromatic N) is 1. The van der Waals surface area contributed by atoms with Crippen LogP contribution in [-0.2, 0) is 16.6 Å². The van der Waals surface area contributed by atoms with E-state index in [1.165, 1.54) is 6.26 Å². The maximum atomic E-state index is 11.3. The molecule has 0 saturated carbocycles. The first-order valence-electron chi connectivity index (χ1n) is 7.09. The Kier molecular flexibility index (Phi) is 5.86. The van der Waals surface area contributed by atoms with Gasteiger partial charge in [0, 0.05) is 25.7 Å². The van der Waals surface area contributed by atoms with Crippen molar-refractivity contribution in [2.24, 2.45) is 0 Å². The van der Waals surface area contributed by atoms with E-state index in [0.717, 1.165) is 25.1 Å². The van der Waals surface area contributed by atoms with E-state index in [2.05, 4.69) is 16.2 Å². The topological polar surface area (TPSA) is 58.6 Å². The quantitative estimate of drug-likeness (QED) is 0.769. The lowest BCUT2D eigenvalue weighted by Crippen LogP contribution is -2.36. The van der Waals surface area contributed by atoms with Crippen LogP contribution < -0.4 is 9.46 Å². The largest absolute Gasteiger partial charge is 0.488 e. The monoisotopic (exact) mass is 344 g/mol. The summed E-state index contributed by atoms with van der Waals surface area (Å²) in [5.74, 6) is 0.642. The molecule has 0 aromatic heterocycles. The standard InChI is InChI=1S/C15H21ClN2O3S/c1-3-8-21-15-5-4-12(9-14(15)16)10-18-7-6-13(11-18)17-22(2,19)20/h3-5,9,13,17H,1,6-8,10-11H2,2H3. The van der Waals surface area contributed by atoms with Crippen LogP contribution in [0.25, 0.3) is 0 Å². The molecular weight excluding hydrogens is 324 g/mol. The third-order valence-electron chi connectivity index (χ3n) is 3.41. The highest BCUT2D eigenvalue weighted by atomic mass is 35.5. The predicted octanol–water partition coefficient (Wildman–Crippen LogP) is 2.03. The molecule has 5 nitrogen and oxygen atoms in total. The van der Waals surface area contributed by atoms with Gasteiger partial charge in [-0.05, 0) is 24.1 Å². The minimum absolute atomic E-state index is 0.0133. The van der Waals surface area contributed by atoms with Crippen LogP contribution in [0.1, 0.15) is 12.0 Å². The maximum absolute atomic E-state index is 11.3. The molecule has 1 saturated heterocycles. The van der Waals surface area contributed by atoms with Crippen molar-refractivity contribution < 1.29 is 13.2 Å². The lowest BCUT2D eigenvalue weighted by atomic mass is 10.2. The molecule has 1 fully saturated rings. The van der Waals surface area contributed by atoms with E-state index in [1.54, 1.807) is 6.08 Å². The molecule has 122 valence electrons. The van der Waals surface area contributed by atoms with E-state index in [9.17, 15) is 8.42 Å². The number of likely N-dealkylation sites (tertiary alicyclic amines) is 1. The van der Waals surface area contributed by atoms with Crippen molar-refractivity contribution in [1.29, 1.82) is 0 Å². The molecule has 0 bridgehead atoms. The molecule has 1 aromatic rings. The highest BCUT2D eigenvalue weighted by Crippen LogP contribution is 2.26. The van der Waals surface area contributed by atoms with E-state index < -0.39 is 10.0 Å². The third-order valence-corrected chi connectivity index (χ3v) is 4.47. The van der Waals surface area contributed by atoms with E-state index in [1.807, 2.05) is 18.2 Å². The van der Waals surface area contributed by atoms with Gasteiger partial charge in [-0.3, -0.25) is 4.90 Å². The Bertz CT molecular complexity index is 634. The molecule has 1 heterocycles. The summed E-state index contributed by atoms with van der Waals surface area (Å²) in [6.45, 7) is 6.33. The molecule has 1 N–H and O–H groups in total. The van der Waals surface area contributed by atoms with Gasteiger partial charge in [-0.25, -0.2) is 13.1 Å². The summed E-state index contributed by atoms with van der Waals surface area (Å²) in [4.78, 5) is 2.21. The summed E-state index contributed by atoms with van der Waals surface area (Å²) < 4.78 is 30.6. The van der Waals surface area contributed by atoms with Gasteiger partial charge in [-0.15, -0.1) is 0 Å². The van der Waals surface area contributed by atoms with Crippen LogP contribution in [0, 0.1) is 0 Å². The number of rotatable bonds is 7. The van der Waals surface area contributed by atoms with Gasteiger partial charge >= 0.3 is 0 Å². The van der Waals surface area contributed by atoms with Crippen LogP contribution in [-0.4, -0.2) is 45.3 Å². The highest BCUT2D eigenvalue weighted by Gasteiger charge is 2.24. The predicted molar refractivity (Wildman–Crippen MR) is 88.8 cm³/mol. The van der Waals surface area contributed by atoms with Crippen molar-refractivity contribution >= 4 is 21.6 Å². The summed E-state index contributed by atoms with van der Waals surface area (Å²) in [6, 6.07) is 5.70. The van der Waals surface area contributed by atoms with Crippen LogP contribution in [0.3, 0.4) is 0 Å². The van der Waals surface area contributed by atoms with Gasteiger partial charge in [0.05, 0.1) is 11.3 Å². The van der Waals surface area contributed by atoms with Crippen molar-refractivity contribution in [3.63, 3.8) is 0 Å². The number of nitrogens with one attached hydrogen (secondary N) is 1. The van der Waals surface area contributed by atoms with Gasteiger partial charge in [-0.2, -0.15) is 0 Å². The fraction of sp³-hybridized carbons (Fsp3) is 0.467. The summed E-state index contributed by atoms with van der Waals surface area (Å²) in [7, 11) is -3.15. The summed E-state index contributed by atoms with van der Waals surface area (Å²) >= 11 is 6.20. The second kappa shape index (κ2) is 7.46. The zero-order valence-electron chi connectivity index (χ0n) is 12.6. The van der Waals surface area contributed by atoms with Crippen LogP contribution in [0.4, 0.5) is 0 Å². The highest BCUT2D eigenvalue weighted by molar-refractivity contribution is 7.88. The Morgan fingerprint density at radius 3 is 2.95 bits per heavy atom. The summed E-state index contributed by atoms with van der Waals surface area (Å²) in [5, 5.41) is 0.573. The minimum Gasteiger partial charge on any atom is -0.488 e. The molecular formula is C15H21ClN2O3S. The first-order valence-corrected chi connectivity index (χ1v) is 9.36. The van der Waals surface area contributed by atoms with Gasteiger partial charge in [0.15, 0.2) is 0 Å². The second-order valence-corrected chi connectivity index (χ2v) is 7.66. The fourth-order valence-electron chi connectivity index (χ4n) is 2.54. The Morgan fingerprint density at radius 1 is 1.55 bits per heavy atom. The number of hydrogen-bond donors (Lipinski definition) is 1. The molecule has 0 spiro atoms. The first-order chi connectivity index (χ1) is 10.4. The van der Waals surface area contributed by atoms with Gasteiger partial charge in [0.2, 0.25) is 10.0 Å². The van der Waals surface area contributed by atoms with E-state index in [-0.39, 0.29) is 6.04 Å². The molecule has 1 unspecified atom stereocenters. The normalized spacial score (nSPS) is 19.3. The van der Waals surface area contributed by atoms with Crippen molar-refractivity contribution in [2.45, 2.75) is 19.0 Å². The smallest absolute Gasteiger partial charge is 0.208 e. The SMILES string of the molecule is C=CCOc1ccc(CN2CCC(NS(C)(=O)=O)C2)cc1Cl. The second-order valence-electron chi connectivity index (χ2n) is 5.48. The van der Waals surface area contributed by atoms with Gasteiger partial charge in [-0.1, -0.05) is 30.3 Å². The Hall–Kier alpha value is -1.08. The Balaban J connectivity index is 1.92. The average molecular weight is 345 g/mol. The van der Waals surface area contributed by atoms with Crippen LogP contribution in [0.15, 0.2) is 30.9 Å². The van der Waals surface area contributed by atoms with Crippen molar-refractivity contribution in [3.05, 3.63) is 41.4 Å². The zero-order valence-corrected chi connectivity index (χ0v) is 14.2. The molecule has 2 rings (SSSR count). The van der Waals surface area contributed by atoms with Crippen molar-refractivity contribution in [2.75, 3.05) is 26.0 Å². The maximum Gasteiger partial charge on any atom is 0.208 e.